The zero-order chi connectivity index (χ0) is 20.2. The minimum Gasteiger partial charge on any atom is -0.300 e. The molecule has 0 unspecified atom stereocenters. The van der Waals surface area contributed by atoms with Gasteiger partial charge in [0.2, 0.25) is 11.0 Å². The van der Waals surface area contributed by atoms with Gasteiger partial charge in [-0.25, -0.2) is 4.98 Å². The number of pyridine rings is 1. The zero-order valence-corrected chi connectivity index (χ0v) is 17.9. The second kappa shape index (κ2) is 8.72. The smallest absolute Gasteiger partial charge is 0.236 e. The summed E-state index contributed by atoms with van der Waals surface area (Å²) in [5, 5.41) is 21.9. The molecule has 0 aliphatic rings. The number of carbonyl (C=O) groups excluding carboxylic acids is 1. The number of rotatable bonds is 6. The lowest BCUT2D eigenvalue weighted by Crippen LogP contribution is -2.14. The molecule has 0 aromatic carbocycles. The van der Waals surface area contributed by atoms with Crippen LogP contribution in [0.1, 0.15) is 10.7 Å². The van der Waals surface area contributed by atoms with Gasteiger partial charge in [0, 0.05) is 18.0 Å². The number of nitrogens with one attached hydrogen (secondary N) is 1. The number of aryl methyl sites for hydroxylation is 2. The van der Waals surface area contributed by atoms with Gasteiger partial charge in [-0.1, -0.05) is 23.1 Å². The molecule has 4 rings (SSSR count). The van der Waals surface area contributed by atoms with Gasteiger partial charge in [0.25, 0.3) is 0 Å². The second-order valence-electron chi connectivity index (χ2n) is 5.90. The predicted molar refractivity (Wildman–Crippen MR) is 115 cm³/mol. The van der Waals surface area contributed by atoms with Gasteiger partial charge in [0.15, 0.2) is 0 Å². The van der Waals surface area contributed by atoms with E-state index in [1.54, 1.807) is 23.7 Å². The Labute approximate surface area is 178 Å². The summed E-state index contributed by atoms with van der Waals surface area (Å²) in [6.45, 7) is 3.79. The third-order valence-corrected chi connectivity index (χ3v) is 6.60. The Morgan fingerprint density at radius 3 is 2.69 bits per heavy atom. The van der Waals surface area contributed by atoms with Crippen molar-refractivity contribution in [3.05, 3.63) is 47.4 Å². The maximum absolute atomic E-state index is 12.0. The summed E-state index contributed by atoms with van der Waals surface area (Å²) in [7, 11) is 0. The van der Waals surface area contributed by atoms with Crippen molar-refractivity contribution in [3.8, 4) is 21.1 Å². The van der Waals surface area contributed by atoms with Gasteiger partial charge in [0.05, 0.1) is 16.3 Å². The van der Waals surface area contributed by atoms with Crippen molar-refractivity contribution in [1.29, 1.82) is 0 Å². The van der Waals surface area contributed by atoms with E-state index in [9.17, 15) is 4.79 Å². The van der Waals surface area contributed by atoms with Crippen molar-refractivity contribution in [1.82, 2.24) is 30.4 Å². The van der Waals surface area contributed by atoms with E-state index in [-0.39, 0.29) is 11.7 Å². The number of aromatic nitrogens is 6. The van der Waals surface area contributed by atoms with Crippen molar-refractivity contribution in [2.45, 2.75) is 18.9 Å². The fraction of sp³-hybridized carbons (Fsp3) is 0.167. The first-order valence-corrected chi connectivity index (χ1v) is 11.1. The van der Waals surface area contributed by atoms with Crippen LogP contribution < -0.4 is 5.32 Å². The van der Waals surface area contributed by atoms with Crippen LogP contribution in [0.15, 0.2) is 41.7 Å². The van der Waals surface area contributed by atoms with Crippen molar-refractivity contribution in [2.24, 2.45) is 0 Å². The minimum absolute atomic E-state index is 0.156. The molecular formula is C18H15N7OS3. The number of hydrogen-bond acceptors (Lipinski definition) is 10. The van der Waals surface area contributed by atoms with Crippen LogP contribution in [-0.4, -0.2) is 42.0 Å². The molecule has 0 fully saturated rings. The van der Waals surface area contributed by atoms with E-state index in [1.165, 1.54) is 23.1 Å². The summed E-state index contributed by atoms with van der Waals surface area (Å²) in [4.78, 5) is 21.7. The van der Waals surface area contributed by atoms with Crippen LogP contribution in [0, 0.1) is 13.8 Å². The van der Waals surface area contributed by atoms with E-state index in [4.69, 9.17) is 0 Å². The summed E-state index contributed by atoms with van der Waals surface area (Å²) in [5.74, 6) is 0.0636. The topological polar surface area (TPSA) is 106 Å². The highest BCUT2D eigenvalue weighted by Gasteiger charge is 2.14. The third-order valence-electron chi connectivity index (χ3n) is 3.70. The molecule has 0 aliphatic heterocycles. The Hall–Kier alpha value is -2.76. The highest BCUT2D eigenvalue weighted by molar-refractivity contribution is 7.99. The Morgan fingerprint density at radius 1 is 1.10 bits per heavy atom. The van der Waals surface area contributed by atoms with Crippen LogP contribution in [0.3, 0.4) is 0 Å². The van der Waals surface area contributed by atoms with Crippen LogP contribution in [-0.2, 0) is 4.79 Å². The Bertz CT molecular complexity index is 1130. The van der Waals surface area contributed by atoms with Crippen molar-refractivity contribution in [2.75, 3.05) is 11.1 Å². The summed E-state index contributed by atoms with van der Waals surface area (Å²) in [5.41, 5.74) is 2.63. The fourth-order valence-electron chi connectivity index (χ4n) is 2.41. The molecule has 4 aromatic rings. The number of hydrogen-bond donors (Lipinski definition) is 1. The first kappa shape index (κ1) is 19.6. The first-order valence-electron chi connectivity index (χ1n) is 8.53. The Balaban J connectivity index is 1.40. The predicted octanol–water partition coefficient (Wildman–Crippen LogP) is 3.86. The Kier molecular flexibility index (Phi) is 5.88. The zero-order valence-electron chi connectivity index (χ0n) is 15.5. The molecule has 1 amide bonds. The van der Waals surface area contributed by atoms with Crippen LogP contribution >= 0.6 is 34.4 Å². The molecule has 4 aromatic heterocycles. The van der Waals surface area contributed by atoms with Gasteiger partial charge in [-0.2, -0.15) is 0 Å². The molecule has 0 atom stereocenters. The highest BCUT2D eigenvalue weighted by atomic mass is 32.2. The van der Waals surface area contributed by atoms with E-state index < -0.39 is 0 Å². The van der Waals surface area contributed by atoms with E-state index >= 15 is 0 Å². The average molecular weight is 442 g/mol. The molecule has 0 radical (unpaired) electrons. The molecule has 8 nitrogen and oxygen atoms in total. The van der Waals surface area contributed by atoms with Gasteiger partial charge in [-0.05, 0) is 38.1 Å². The summed E-state index contributed by atoms with van der Waals surface area (Å²) >= 11 is 4.21. The molecule has 0 saturated carbocycles. The van der Waals surface area contributed by atoms with E-state index in [2.05, 4.69) is 35.7 Å². The lowest BCUT2D eigenvalue weighted by atomic mass is 10.3. The molecule has 146 valence electrons. The van der Waals surface area contributed by atoms with Gasteiger partial charge in [-0.15, -0.1) is 31.7 Å². The molecule has 4 heterocycles. The van der Waals surface area contributed by atoms with E-state index in [0.29, 0.717) is 10.2 Å². The van der Waals surface area contributed by atoms with E-state index in [1.807, 2.05) is 38.1 Å². The number of anilines is 1. The standard InChI is InChI=1S/C18H15N7OS3/c1-10-16(29-17(20-10)12-4-3-7-19-8-12)13-5-6-15(24-23-13)27-9-14(26)21-18-25-22-11(2)28-18/h3-8H,9H2,1-2H3,(H,21,25,26). The molecule has 0 aliphatic carbocycles. The van der Waals surface area contributed by atoms with E-state index in [0.717, 1.165) is 31.8 Å². The molecule has 0 bridgehead atoms. The summed E-state index contributed by atoms with van der Waals surface area (Å²) in [6, 6.07) is 7.63. The largest absolute Gasteiger partial charge is 0.300 e. The molecule has 0 saturated heterocycles. The molecule has 0 spiro atoms. The third kappa shape index (κ3) is 4.81. The average Bonchev–Trinajstić information content (AvgIpc) is 3.33. The number of amides is 1. The van der Waals surface area contributed by atoms with Crippen molar-refractivity contribution in [3.63, 3.8) is 0 Å². The number of thioether (sulfide) groups is 1. The maximum Gasteiger partial charge on any atom is 0.236 e. The van der Waals surface area contributed by atoms with Crippen LogP contribution in [0.2, 0.25) is 0 Å². The van der Waals surface area contributed by atoms with Gasteiger partial charge >= 0.3 is 0 Å². The van der Waals surface area contributed by atoms with Gasteiger partial charge in [0.1, 0.15) is 20.7 Å². The quantitative estimate of drug-likeness (QED) is 0.450. The molecular weight excluding hydrogens is 426 g/mol. The maximum atomic E-state index is 12.0. The van der Waals surface area contributed by atoms with Crippen LogP contribution in [0.25, 0.3) is 21.1 Å². The number of thiazole rings is 1. The van der Waals surface area contributed by atoms with Crippen LogP contribution in [0.4, 0.5) is 5.13 Å². The molecule has 11 heteroatoms. The highest BCUT2D eigenvalue weighted by Crippen LogP contribution is 2.34. The number of carbonyl (C=O) groups is 1. The number of nitrogens with zero attached hydrogens (tertiary/aromatic N) is 6. The lowest BCUT2D eigenvalue weighted by Gasteiger charge is -2.02. The monoisotopic (exact) mass is 441 g/mol. The normalized spacial score (nSPS) is 10.8. The van der Waals surface area contributed by atoms with Crippen LogP contribution in [0.5, 0.6) is 0 Å². The van der Waals surface area contributed by atoms with Gasteiger partial charge in [-0.3, -0.25) is 15.1 Å². The summed E-state index contributed by atoms with van der Waals surface area (Å²) < 4.78 is 0. The van der Waals surface area contributed by atoms with Gasteiger partial charge < -0.3 is 0 Å². The minimum atomic E-state index is -0.156. The summed E-state index contributed by atoms with van der Waals surface area (Å²) in [6.07, 6.45) is 3.53. The van der Waals surface area contributed by atoms with Crippen molar-refractivity contribution >= 4 is 45.5 Å². The SMILES string of the molecule is Cc1nnc(NC(=O)CSc2ccc(-c3sc(-c4cccnc4)nc3C)nn2)s1. The fourth-order valence-corrected chi connectivity index (χ4v) is 4.65. The lowest BCUT2D eigenvalue weighted by molar-refractivity contribution is -0.113. The second-order valence-corrected chi connectivity index (χ2v) is 9.07. The van der Waals surface area contributed by atoms with Crippen molar-refractivity contribution < 1.29 is 4.79 Å². The molecule has 1 N–H and O–H groups in total. The first-order chi connectivity index (χ1) is 14.1. The Morgan fingerprint density at radius 2 is 2.00 bits per heavy atom. The molecule has 29 heavy (non-hydrogen) atoms.